The van der Waals surface area contributed by atoms with E-state index in [1.807, 2.05) is 89.8 Å². The van der Waals surface area contributed by atoms with Gasteiger partial charge in [-0.05, 0) is 48.0 Å². The number of benzene rings is 3. The van der Waals surface area contributed by atoms with Gasteiger partial charge in [0, 0.05) is 56.7 Å². The molecular weight excluding hydrogens is 620 g/mol. The Morgan fingerprint density at radius 1 is 0.796 bits per heavy atom. The molecule has 2 fully saturated rings. The van der Waals surface area contributed by atoms with E-state index in [1.165, 1.54) is 0 Å². The summed E-state index contributed by atoms with van der Waals surface area (Å²) >= 11 is 0. The fourth-order valence-corrected chi connectivity index (χ4v) is 6.35. The van der Waals surface area contributed by atoms with E-state index in [0.29, 0.717) is 81.2 Å². The van der Waals surface area contributed by atoms with Crippen molar-refractivity contribution in [1.82, 2.24) is 24.3 Å². The summed E-state index contributed by atoms with van der Waals surface area (Å²) in [5.74, 6) is 1.16. The highest BCUT2D eigenvalue weighted by molar-refractivity contribution is 5.99. The minimum atomic E-state index is -0.285. The highest BCUT2D eigenvalue weighted by atomic mass is 16.5. The zero-order chi connectivity index (χ0) is 33.4. The highest BCUT2D eigenvalue weighted by Gasteiger charge is 2.31. The highest BCUT2D eigenvalue weighted by Crippen LogP contribution is 2.30. The third kappa shape index (κ3) is 7.38. The molecule has 49 heavy (non-hydrogen) atoms. The number of hydrogen-bond donors (Lipinski definition) is 1. The fraction of sp³-hybridized carbons (Fsp3) is 0.289. The molecule has 5 aromatic rings. The Morgan fingerprint density at radius 2 is 1.53 bits per heavy atom. The molecule has 0 spiro atoms. The Hall–Kier alpha value is -5.39. The molecule has 0 unspecified atom stereocenters. The van der Waals surface area contributed by atoms with Gasteiger partial charge < -0.3 is 29.3 Å². The normalized spacial score (nSPS) is 14.9. The molecule has 3 aromatic carbocycles. The average molecular weight is 661 g/mol. The van der Waals surface area contributed by atoms with E-state index in [-0.39, 0.29) is 18.1 Å². The molecule has 1 amide bonds. The number of carbonyl (C=O) groups is 1. The van der Waals surface area contributed by atoms with Gasteiger partial charge in [-0.2, -0.15) is 0 Å². The summed E-state index contributed by atoms with van der Waals surface area (Å²) in [4.78, 5) is 37.5. The number of nitrogens with zero attached hydrogens (tertiary/aromatic N) is 5. The molecule has 252 valence electrons. The number of morpholine rings is 1. The molecule has 4 heterocycles. The number of nitrogens with one attached hydrogen (secondary N) is 1. The number of aromatic nitrogens is 3. The predicted octanol–water partition coefficient (Wildman–Crippen LogP) is 4.09. The van der Waals surface area contributed by atoms with Gasteiger partial charge in [0.15, 0.2) is 0 Å². The first-order valence-corrected chi connectivity index (χ1v) is 16.7. The Morgan fingerprint density at radius 3 is 2.31 bits per heavy atom. The van der Waals surface area contributed by atoms with Crippen molar-refractivity contribution in [2.45, 2.75) is 6.54 Å². The van der Waals surface area contributed by atoms with E-state index < -0.39 is 0 Å². The van der Waals surface area contributed by atoms with E-state index in [2.05, 4.69) is 21.3 Å². The molecule has 2 aliphatic rings. The SMILES string of the molecule is O=C(c1c(-c2ccccc2)n(-c2cccc(N3CCOCC3)c2)c(=O)n1Cc1cccc(OCCOc2cccnc2)c1)N1CCNCC1. The number of imidazole rings is 1. The Labute approximate surface area is 285 Å². The van der Waals surface area contributed by atoms with Crippen LogP contribution in [0.3, 0.4) is 0 Å². The van der Waals surface area contributed by atoms with Crippen molar-refractivity contribution in [3.05, 3.63) is 125 Å². The molecule has 1 N–H and O–H groups in total. The van der Waals surface area contributed by atoms with Crippen LogP contribution in [0.1, 0.15) is 16.1 Å². The molecule has 2 aromatic heterocycles. The first kappa shape index (κ1) is 32.2. The first-order valence-electron chi connectivity index (χ1n) is 16.7. The van der Waals surface area contributed by atoms with Gasteiger partial charge in [0.05, 0.1) is 37.3 Å². The second-order valence-corrected chi connectivity index (χ2v) is 12.0. The summed E-state index contributed by atoms with van der Waals surface area (Å²) in [5.41, 5.74) is 3.99. The van der Waals surface area contributed by atoms with Gasteiger partial charge in [-0.25, -0.2) is 4.79 Å². The zero-order valence-electron chi connectivity index (χ0n) is 27.4. The van der Waals surface area contributed by atoms with Crippen LogP contribution in [0.4, 0.5) is 5.69 Å². The van der Waals surface area contributed by atoms with Crippen molar-refractivity contribution in [1.29, 1.82) is 0 Å². The monoisotopic (exact) mass is 660 g/mol. The molecule has 0 saturated carbocycles. The van der Waals surface area contributed by atoms with Crippen LogP contribution in [-0.2, 0) is 11.3 Å². The minimum absolute atomic E-state index is 0.166. The van der Waals surface area contributed by atoms with Crippen LogP contribution < -0.4 is 25.4 Å². The maximum absolute atomic E-state index is 14.8. The Bertz CT molecular complexity index is 1910. The zero-order valence-corrected chi connectivity index (χ0v) is 27.4. The lowest BCUT2D eigenvalue weighted by Crippen LogP contribution is -2.47. The molecule has 7 rings (SSSR count). The van der Waals surface area contributed by atoms with Gasteiger partial charge in [0.2, 0.25) is 0 Å². The van der Waals surface area contributed by atoms with Crippen LogP contribution in [0, 0.1) is 0 Å². The molecule has 0 aliphatic carbocycles. The van der Waals surface area contributed by atoms with Crippen molar-refractivity contribution in [2.75, 3.05) is 70.6 Å². The van der Waals surface area contributed by atoms with Crippen LogP contribution in [0.2, 0.25) is 0 Å². The second kappa shape index (κ2) is 15.2. The van der Waals surface area contributed by atoms with Gasteiger partial charge in [0.1, 0.15) is 30.4 Å². The molecule has 11 heteroatoms. The maximum atomic E-state index is 14.8. The van der Waals surface area contributed by atoms with Crippen LogP contribution in [-0.4, -0.2) is 90.6 Å². The van der Waals surface area contributed by atoms with E-state index in [4.69, 9.17) is 14.2 Å². The minimum Gasteiger partial charge on any atom is -0.490 e. The number of ether oxygens (including phenoxy) is 3. The predicted molar refractivity (Wildman–Crippen MR) is 188 cm³/mol. The van der Waals surface area contributed by atoms with E-state index >= 15 is 0 Å². The van der Waals surface area contributed by atoms with Crippen LogP contribution >= 0.6 is 0 Å². The van der Waals surface area contributed by atoms with Gasteiger partial charge in [-0.1, -0.05) is 48.5 Å². The first-order chi connectivity index (χ1) is 24.2. The van der Waals surface area contributed by atoms with Crippen molar-refractivity contribution in [3.8, 4) is 28.4 Å². The third-order valence-electron chi connectivity index (χ3n) is 8.75. The quantitative estimate of drug-likeness (QED) is 0.212. The standard InChI is InChI=1S/C38H40N6O5/c45-37(42-17-15-39-16-18-42)36-35(30-8-2-1-3-9-30)44(32-11-5-10-31(26-32)41-19-21-47-22-20-41)38(46)43(36)28-29-7-4-12-33(25-29)48-23-24-49-34-13-6-14-40-27-34/h1-14,25-27,39H,15-24,28H2. The lowest BCUT2D eigenvalue weighted by Gasteiger charge is -2.29. The number of amides is 1. The van der Waals surface area contributed by atoms with Gasteiger partial charge >= 0.3 is 5.69 Å². The molecule has 2 aliphatic heterocycles. The van der Waals surface area contributed by atoms with Crippen molar-refractivity contribution in [3.63, 3.8) is 0 Å². The second-order valence-electron chi connectivity index (χ2n) is 12.0. The molecule has 0 bridgehead atoms. The lowest BCUT2D eigenvalue weighted by molar-refractivity contribution is 0.0725. The van der Waals surface area contributed by atoms with E-state index in [1.54, 1.807) is 21.5 Å². The number of rotatable bonds is 11. The smallest absolute Gasteiger partial charge is 0.334 e. The summed E-state index contributed by atoms with van der Waals surface area (Å²) in [6.45, 7) is 6.23. The fourth-order valence-electron chi connectivity index (χ4n) is 6.35. The van der Waals surface area contributed by atoms with Crippen molar-refractivity contribution < 1.29 is 19.0 Å². The topological polar surface area (TPSA) is 103 Å². The van der Waals surface area contributed by atoms with Crippen LogP contribution in [0.25, 0.3) is 16.9 Å². The number of pyridine rings is 1. The van der Waals surface area contributed by atoms with Gasteiger partial charge in [-0.15, -0.1) is 0 Å². The number of piperazine rings is 1. The number of anilines is 1. The molecule has 2 saturated heterocycles. The van der Waals surface area contributed by atoms with Crippen LogP contribution in [0.5, 0.6) is 11.5 Å². The summed E-state index contributed by atoms with van der Waals surface area (Å²) in [6, 6.07) is 29.0. The maximum Gasteiger partial charge on any atom is 0.334 e. The number of hydrogen-bond acceptors (Lipinski definition) is 8. The molecule has 0 atom stereocenters. The molecule has 11 nitrogen and oxygen atoms in total. The number of carbonyl (C=O) groups excluding carboxylic acids is 1. The van der Waals surface area contributed by atoms with Gasteiger partial charge in [0.25, 0.3) is 5.91 Å². The summed E-state index contributed by atoms with van der Waals surface area (Å²) in [5, 5.41) is 3.33. The van der Waals surface area contributed by atoms with Gasteiger partial charge in [-0.3, -0.25) is 18.9 Å². The molecular formula is C38H40N6O5. The lowest BCUT2D eigenvalue weighted by atomic mass is 10.1. The van der Waals surface area contributed by atoms with Crippen molar-refractivity contribution >= 4 is 11.6 Å². The Balaban J connectivity index is 1.27. The van der Waals surface area contributed by atoms with Crippen LogP contribution in [0.15, 0.2) is 108 Å². The average Bonchev–Trinajstić information content (AvgIpc) is 3.45. The molecule has 0 radical (unpaired) electrons. The summed E-state index contributed by atoms with van der Waals surface area (Å²) in [7, 11) is 0. The summed E-state index contributed by atoms with van der Waals surface area (Å²) < 4.78 is 20.6. The largest absolute Gasteiger partial charge is 0.490 e. The van der Waals surface area contributed by atoms with Crippen molar-refractivity contribution in [2.24, 2.45) is 0 Å². The Kier molecular flexibility index (Phi) is 10.00. The summed E-state index contributed by atoms with van der Waals surface area (Å²) in [6.07, 6.45) is 3.36. The third-order valence-corrected chi connectivity index (χ3v) is 8.75. The van der Waals surface area contributed by atoms with E-state index in [0.717, 1.165) is 29.9 Å². The van der Waals surface area contributed by atoms with E-state index in [9.17, 15) is 9.59 Å².